The van der Waals surface area contributed by atoms with Crippen LogP contribution in [0.25, 0.3) is 0 Å². The smallest absolute Gasteiger partial charge is 0.412 e. The standard InChI is InChI=1S/C8H9F3O/c1-12-7-4-2-6(3-5-7)8(9,10)11/h2,4H,3,5H2,1H3. The molecular formula is C8H9F3O. The van der Waals surface area contributed by atoms with E-state index in [0.717, 1.165) is 6.08 Å². The number of hydrogen-bond acceptors (Lipinski definition) is 1. The van der Waals surface area contributed by atoms with Crippen molar-refractivity contribution in [2.45, 2.75) is 19.0 Å². The first-order chi connectivity index (χ1) is 5.54. The third kappa shape index (κ3) is 2.03. The summed E-state index contributed by atoms with van der Waals surface area (Å²) in [6.45, 7) is 0. The first kappa shape index (κ1) is 9.16. The molecule has 0 N–H and O–H groups in total. The lowest BCUT2D eigenvalue weighted by Crippen LogP contribution is -2.13. The molecular weight excluding hydrogens is 169 g/mol. The second kappa shape index (κ2) is 3.21. The number of alkyl halides is 3. The van der Waals surface area contributed by atoms with Gasteiger partial charge in [-0.3, -0.25) is 0 Å². The maximum atomic E-state index is 12.0. The van der Waals surface area contributed by atoms with E-state index in [0.29, 0.717) is 12.2 Å². The molecule has 0 radical (unpaired) electrons. The van der Waals surface area contributed by atoms with Crippen molar-refractivity contribution in [2.75, 3.05) is 7.11 Å². The van der Waals surface area contributed by atoms with E-state index in [-0.39, 0.29) is 6.42 Å². The number of allylic oxidation sites excluding steroid dienone is 4. The van der Waals surface area contributed by atoms with Crippen molar-refractivity contribution in [1.29, 1.82) is 0 Å². The van der Waals surface area contributed by atoms with Gasteiger partial charge in [-0.1, -0.05) is 6.08 Å². The molecule has 0 amide bonds. The highest BCUT2D eigenvalue weighted by atomic mass is 19.4. The molecule has 0 atom stereocenters. The maximum absolute atomic E-state index is 12.0. The molecule has 0 bridgehead atoms. The van der Waals surface area contributed by atoms with Crippen LogP contribution in [0.4, 0.5) is 13.2 Å². The molecule has 0 aromatic heterocycles. The normalized spacial score (nSPS) is 18.3. The summed E-state index contributed by atoms with van der Waals surface area (Å²) in [7, 11) is 1.46. The van der Waals surface area contributed by atoms with E-state index in [1.807, 2.05) is 0 Å². The van der Waals surface area contributed by atoms with Gasteiger partial charge >= 0.3 is 6.18 Å². The van der Waals surface area contributed by atoms with E-state index < -0.39 is 11.7 Å². The Hall–Kier alpha value is -0.930. The summed E-state index contributed by atoms with van der Waals surface area (Å²) in [5.74, 6) is 0.600. The molecule has 0 fully saturated rings. The Labute approximate surface area is 68.5 Å². The van der Waals surface area contributed by atoms with Crippen LogP contribution < -0.4 is 0 Å². The molecule has 0 spiro atoms. The van der Waals surface area contributed by atoms with Gasteiger partial charge in [-0.05, 0) is 12.5 Å². The average Bonchev–Trinajstić information content (AvgIpc) is 2.03. The molecule has 0 heterocycles. The Morgan fingerprint density at radius 1 is 1.25 bits per heavy atom. The molecule has 4 heteroatoms. The van der Waals surface area contributed by atoms with Crippen LogP contribution in [0, 0.1) is 0 Å². The Morgan fingerprint density at radius 2 is 1.92 bits per heavy atom. The minimum Gasteiger partial charge on any atom is -0.501 e. The molecule has 0 aromatic carbocycles. The van der Waals surface area contributed by atoms with Gasteiger partial charge < -0.3 is 4.74 Å². The molecule has 0 saturated carbocycles. The van der Waals surface area contributed by atoms with Crippen LogP contribution in [0.3, 0.4) is 0 Å². The fraction of sp³-hybridized carbons (Fsp3) is 0.500. The summed E-state index contributed by atoms with van der Waals surface area (Å²) in [6.07, 6.45) is -1.39. The maximum Gasteiger partial charge on any atom is 0.412 e. The zero-order valence-corrected chi connectivity index (χ0v) is 6.61. The van der Waals surface area contributed by atoms with Crippen molar-refractivity contribution >= 4 is 0 Å². The molecule has 68 valence electrons. The van der Waals surface area contributed by atoms with Crippen LogP contribution in [0.1, 0.15) is 12.8 Å². The van der Waals surface area contributed by atoms with Gasteiger partial charge in [-0.15, -0.1) is 0 Å². The zero-order chi connectivity index (χ0) is 9.19. The van der Waals surface area contributed by atoms with Crippen LogP contribution >= 0.6 is 0 Å². The number of rotatable bonds is 1. The van der Waals surface area contributed by atoms with E-state index in [4.69, 9.17) is 4.74 Å². The number of hydrogen-bond donors (Lipinski definition) is 0. The lowest BCUT2D eigenvalue weighted by molar-refractivity contribution is -0.0943. The number of halogens is 3. The fourth-order valence-corrected chi connectivity index (χ4v) is 1.02. The van der Waals surface area contributed by atoms with Crippen LogP contribution in [-0.2, 0) is 4.74 Å². The van der Waals surface area contributed by atoms with E-state index in [2.05, 4.69) is 0 Å². The highest BCUT2D eigenvalue weighted by Gasteiger charge is 2.33. The summed E-state index contributed by atoms with van der Waals surface area (Å²) < 4.78 is 40.9. The van der Waals surface area contributed by atoms with Gasteiger partial charge in [0.15, 0.2) is 0 Å². The molecule has 1 nitrogen and oxygen atoms in total. The van der Waals surface area contributed by atoms with E-state index in [1.54, 1.807) is 0 Å². The van der Waals surface area contributed by atoms with Crippen molar-refractivity contribution in [3.05, 3.63) is 23.5 Å². The van der Waals surface area contributed by atoms with Gasteiger partial charge in [-0.25, -0.2) is 0 Å². The highest BCUT2D eigenvalue weighted by Crippen LogP contribution is 2.32. The van der Waals surface area contributed by atoms with Crippen LogP contribution in [0.2, 0.25) is 0 Å². The SMILES string of the molecule is COC1=CC=C(C(F)(F)F)CC1. The first-order valence-corrected chi connectivity index (χ1v) is 3.55. The van der Waals surface area contributed by atoms with Crippen LogP contribution in [-0.4, -0.2) is 13.3 Å². The van der Waals surface area contributed by atoms with E-state index in [9.17, 15) is 13.2 Å². The van der Waals surface area contributed by atoms with Crippen molar-refractivity contribution < 1.29 is 17.9 Å². The highest BCUT2D eigenvalue weighted by molar-refractivity contribution is 5.24. The molecule has 1 rings (SSSR count). The number of ether oxygens (including phenoxy) is 1. The molecule has 0 saturated heterocycles. The Bertz CT molecular complexity index is 225. The first-order valence-electron chi connectivity index (χ1n) is 3.55. The Balaban J connectivity index is 2.73. The quantitative estimate of drug-likeness (QED) is 0.599. The van der Waals surface area contributed by atoms with Gasteiger partial charge in [0.1, 0.15) is 0 Å². The lowest BCUT2D eigenvalue weighted by Gasteiger charge is -2.15. The average molecular weight is 178 g/mol. The summed E-state index contributed by atoms with van der Waals surface area (Å²) in [6, 6.07) is 0. The lowest BCUT2D eigenvalue weighted by atomic mass is 10.0. The number of methoxy groups -OCH3 is 1. The van der Waals surface area contributed by atoms with Crippen molar-refractivity contribution in [2.24, 2.45) is 0 Å². The molecule has 0 aliphatic heterocycles. The minimum absolute atomic E-state index is 0.0170. The molecule has 1 aliphatic rings. The summed E-state index contributed by atoms with van der Waals surface area (Å²) in [4.78, 5) is 0. The van der Waals surface area contributed by atoms with Gasteiger partial charge in [0.25, 0.3) is 0 Å². The Kier molecular flexibility index (Phi) is 2.45. The molecule has 12 heavy (non-hydrogen) atoms. The molecule has 0 unspecified atom stereocenters. The van der Waals surface area contributed by atoms with E-state index in [1.165, 1.54) is 13.2 Å². The largest absolute Gasteiger partial charge is 0.501 e. The second-order valence-electron chi connectivity index (χ2n) is 2.53. The Morgan fingerprint density at radius 3 is 2.25 bits per heavy atom. The van der Waals surface area contributed by atoms with Gasteiger partial charge in [-0.2, -0.15) is 13.2 Å². The van der Waals surface area contributed by atoms with Crippen LogP contribution in [0.15, 0.2) is 23.5 Å². The molecule has 0 aromatic rings. The second-order valence-corrected chi connectivity index (χ2v) is 2.53. The molecule has 1 aliphatic carbocycles. The third-order valence-corrected chi connectivity index (χ3v) is 1.74. The topological polar surface area (TPSA) is 9.23 Å². The van der Waals surface area contributed by atoms with Gasteiger partial charge in [0.2, 0.25) is 0 Å². The third-order valence-electron chi connectivity index (χ3n) is 1.74. The summed E-state index contributed by atoms with van der Waals surface area (Å²) >= 11 is 0. The predicted octanol–water partition coefficient (Wildman–Crippen LogP) is 2.80. The minimum atomic E-state index is -4.18. The zero-order valence-electron chi connectivity index (χ0n) is 6.61. The monoisotopic (exact) mass is 178 g/mol. The summed E-state index contributed by atoms with van der Waals surface area (Å²) in [5.41, 5.74) is -0.483. The van der Waals surface area contributed by atoms with Crippen molar-refractivity contribution in [3.8, 4) is 0 Å². The van der Waals surface area contributed by atoms with Gasteiger partial charge in [0, 0.05) is 12.0 Å². The van der Waals surface area contributed by atoms with E-state index >= 15 is 0 Å². The summed E-state index contributed by atoms with van der Waals surface area (Å²) in [5, 5.41) is 0. The van der Waals surface area contributed by atoms with Crippen LogP contribution in [0.5, 0.6) is 0 Å². The predicted molar refractivity (Wildman–Crippen MR) is 38.5 cm³/mol. The fourth-order valence-electron chi connectivity index (χ4n) is 1.02. The van der Waals surface area contributed by atoms with Crippen molar-refractivity contribution in [1.82, 2.24) is 0 Å². The van der Waals surface area contributed by atoms with Crippen molar-refractivity contribution in [3.63, 3.8) is 0 Å². The van der Waals surface area contributed by atoms with Gasteiger partial charge in [0.05, 0.1) is 12.9 Å².